The predicted octanol–water partition coefficient (Wildman–Crippen LogP) is 4.02. The van der Waals surface area contributed by atoms with Crippen LogP contribution < -0.4 is 4.74 Å². The summed E-state index contributed by atoms with van der Waals surface area (Å²) in [5, 5.41) is 8.97. The summed E-state index contributed by atoms with van der Waals surface area (Å²) >= 11 is 0. The van der Waals surface area contributed by atoms with Gasteiger partial charge in [0.05, 0.1) is 5.92 Å². The molecule has 3 heteroatoms. The van der Waals surface area contributed by atoms with E-state index in [2.05, 4.69) is 19.1 Å². The normalized spacial score (nSPS) is 11.9. The van der Waals surface area contributed by atoms with Crippen molar-refractivity contribution in [2.75, 3.05) is 0 Å². The molecule has 2 rings (SSSR count). The monoisotopic (exact) mass is 284 g/mol. The first kappa shape index (κ1) is 15.1. The van der Waals surface area contributed by atoms with Gasteiger partial charge in [0.2, 0.25) is 0 Å². The van der Waals surface area contributed by atoms with Crippen molar-refractivity contribution in [3.8, 4) is 5.75 Å². The van der Waals surface area contributed by atoms with Gasteiger partial charge in [0, 0.05) is 0 Å². The number of carboxylic acids is 1. The summed E-state index contributed by atoms with van der Waals surface area (Å²) in [6.07, 6.45) is 1.02. The van der Waals surface area contributed by atoms with E-state index in [1.54, 1.807) is 6.92 Å². The summed E-state index contributed by atoms with van der Waals surface area (Å²) in [4.78, 5) is 10.9. The third-order valence-electron chi connectivity index (χ3n) is 3.59. The third-order valence-corrected chi connectivity index (χ3v) is 3.59. The topological polar surface area (TPSA) is 46.5 Å². The Kier molecular flexibility index (Phi) is 4.99. The molecule has 0 radical (unpaired) electrons. The molecule has 2 aromatic rings. The Hall–Kier alpha value is -2.29. The summed E-state index contributed by atoms with van der Waals surface area (Å²) in [7, 11) is 0. The zero-order valence-corrected chi connectivity index (χ0v) is 12.4. The van der Waals surface area contributed by atoms with Crippen molar-refractivity contribution in [3.05, 3.63) is 65.2 Å². The number of ether oxygens (including phenoxy) is 1. The zero-order valence-electron chi connectivity index (χ0n) is 12.4. The van der Waals surface area contributed by atoms with E-state index in [1.165, 1.54) is 5.56 Å². The first-order chi connectivity index (χ1) is 10.1. The molecule has 0 saturated heterocycles. The van der Waals surface area contributed by atoms with Crippen molar-refractivity contribution < 1.29 is 14.6 Å². The highest BCUT2D eigenvalue weighted by atomic mass is 16.5. The highest BCUT2D eigenvalue weighted by Gasteiger charge is 2.12. The first-order valence-electron chi connectivity index (χ1n) is 7.13. The highest BCUT2D eigenvalue weighted by molar-refractivity contribution is 5.75. The van der Waals surface area contributed by atoms with Crippen LogP contribution in [0.25, 0.3) is 0 Å². The van der Waals surface area contributed by atoms with Gasteiger partial charge in [0.1, 0.15) is 12.4 Å². The van der Waals surface area contributed by atoms with Gasteiger partial charge in [0.15, 0.2) is 0 Å². The van der Waals surface area contributed by atoms with Crippen molar-refractivity contribution in [2.45, 2.75) is 32.8 Å². The second kappa shape index (κ2) is 6.93. The number of carboxylic acid groups (broad SMARTS) is 1. The van der Waals surface area contributed by atoms with Gasteiger partial charge in [-0.15, -0.1) is 0 Å². The van der Waals surface area contributed by atoms with Gasteiger partial charge in [-0.3, -0.25) is 4.79 Å². The second-order valence-corrected chi connectivity index (χ2v) is 5.09. The van der Waals surface area contributed by atoms with Crippen molar-refractivity contribution >= 4 is 5.97 Å². The third kappa shape index (κ3) is 4.09. The SMILES string of the molecule is CCc1ccc(OCc2ccc(C(C)C(=O)O)cc2)cc1. The average Bonchev–Trinajstić information content (AvgIpc) is 2.53. The molecule has 3 nitrogen and oxygen atoms in total. The van der Waals surface area contributed by atoms with E-state index in [0.717, 1.165) is 23.3 Å². The largest absolute Gasteiger partial charge is 0.489 e. The molecular weight excluding hydrogens is 264 g/mol. The molecule has 0 saturated carbocycles. The quantitative estimate of drug-likeness (QED) is 0.871. The smallest absolute Gasteiger partial charge is 0.310 e. The highest BCUT2D eigenvalue weighted by Crippen LogP contribution is 2.18. The molecule has 1 unspecified atom stereocenters. The Morgan fingerprint density at radius 3 is 2.14 bits per heavy atom. The maximum absolute atomic E-state index is 10.9. The van der Waals surface area contributed by atoms with Crippen LogP contribution in [0, 0.1) is 0 Å². The number of benzene rings is 2. The fraction of sp³-hybridized carbons (Fsp3) is 0.278. The summed E-state index contributed by atoms with van der Waals surface area (Å²) in [5.74, 6) is -0.452. The predicted molar refractivity (Wildman–Crippen MR) is 82.6 cm³/mol. The zero-order chi connectivity index (χ0) is 15.2. The molecule has 110 valence electrons. The summed E-state index contributed by atoms with van der Waals surface area (Å²) < 4.78 is 5.72. The number of carbonyl (C=O) groups is 1. The van der Waals surface area contributed by atoms with E-state index in [4.69, 9.17) is 9.84 Å². The second-order valence-electron chi connectivity index (χ2n) is 5.09. The Morgan fingerprint density at radius 1 is 1.05 bits per heavy atom. The van der Waals surface area contributed by atoms with Gasteiger partial charge in [-0.05, 0) is 42.2 Å². The fourth-order valence-corrected chi connectivity index (χ4v) is 2.03. The van der Waals surface area contributed by atoms with E-state index in [0.29, 0.717) is 6.61 Å². The maximum Gasteiger partial charge on any atom is 0.310 e. The van der Waals surface area contributed by atoms with Crippen LogP contribution in [-0.2, 0) is 17.8 Å². The number of hydrogen-bond donors (Lipinski definition) is 1. The van der Waals surface area contributed by atoms with Crippen LogP contribution in [0.15, 0.2) is 48.5 Å². The first-order valence-corrected chi connectivity index (χ1v) is 7.13. The van der Waals surface area contributed by atoms with Crippen LogP contribution in [-0.4, -0.2) is 11.1 Å². The Balaban J connectivity index is 1.95. The Bertz CT molecular complexity index is 585. The molecule has 2 aromatic carbocycles. The molecule has 0 aliphatic rings. The van der Waals surface area contributed by atoms with E-state index in [9.17, 15) is 4.79 Å². The molecule has 1 atom stereocenters. The van der Waals surface area contributed by atoms with Gasteiger partial charge >= 0.3 is 5.97 Å². The minimum absolute atomic E-state index is 0.479. The Labute approximate surface area is 125 Å². The van der Waals surface area contributed by atoms with E-state index in [-0.39, 0.29) is 0 Å². The maximum atomic E-state index is 10.9. The van der Waals surface area contributed by atoms with Crippen molar-refractivity contribution in [1.29, 1.82) is 0 Å². The van der Waals surface area contributed by atoms with Gasteiger partial charge in [-0.1, -0.05) is 43.3 Å². The van der Waals surface area contributed by atoms with Crippen molar-refractivity contribution in [1.82, 2.24) is 0 Å². The fourth-order valence-electron chi connectivity index (χ4n) is 2.03. The van der Waals surface area contributed by atoms with Crippen LogP contribution in [0.4, 0.5) is 0 Å². The molecule has 0 aliphatic heterocycles. The number of aliphatic carboxylic acids is 1. The molecular formula is C18H20O3. The minimum Gasteiger partial charge on any atom is -0.489 e. The standard InChI is InChI=1S/C18H20O3/c1-3-14-6-10-17(11-7-14)21-12-15-4-8-16(9-5-15)13(2)18(19)20/h4-11,13H,3,12H2,1-2H3,(H,19,20). The van der Waals surface area contributed by atoms with Gasteiger partial charge in [-0.25, -0.2) is 0 Å². The van der Waals surface area contributed by atoms with Gasteiger partial charge in [0.25, 0.3) is 0 Å². The number of aryl methyl sites for hydroxylation is 1. The number of rotatable bonds is 6. The molecule has 1 N–H and O–H groups in total. The van der Waals surface area contributed by atoms with Crippen molar-refractivity contribution in [3.63, 3.8) is 0 Å². The number of hydrogen-bond acceptors (Lipinski definition) is 2. The average molecular weight is 284 g/mol. The van der Waals surface area contributed by atoms with Crippen LogP contribution >= 0.6 is 0 Å². The lowest BCUT2D eigenvalue weighted by Crippen LogP contribution is -2.07. The van der Waals surface area contributed by atoms with Crippen molar-refractivity contribution in [2.24, 2.45) is 0 Å². The molecule has 0 fully saturated rings. The molecule has 0 spiro atoms. The van der Waals surface area contributed by atoms with Gasteiger partial charge < -0.3 is 9.84 Å². The lowest BCUT2D eigenvalue weighted by molar-refractivity contribution is -0.138. The molecule has 0 aliphatic carbocycles. The lowest BCUT2D eigenvalue weighted by Gasteiger charge is -2.09. The van der Waals surface area contributed by atoms with E-state index >= 15 is 0 Å². The Morgan fingerprint density at radius 2 is 1.62 bits per heavy atom. The van der Waals surface area contributed by atoms with E-state index < -0.39 is 11.9 Å². The molecule has 21 heavy (non-hydrogen) atoms. The van der Waals surface area contributed by atoms with E-state index in [1.807, 2.05) is 36.4 Å². The lowest BCUT2D eigenvalue weighted by atomic mass is 10.0. The molecule has 0 bridgehead atoms. The summed E-state index contributed by atoms with van der Waals surface area (Å²) in [5.41, 5.74) is 3.11. The van der Waals surface area contributed by atoms with Gasteiger partial charge in [-0.2, -0.15) is 0 Å². The molecule has 0 amide bonds. The summed E-state index contributed by atoms with van der Waals surface area (Å²) in [6.45, 7) is 4.28. The molecule has 0 heterocycles. The van der Waals surface area contributed by atoms with Crippen LogP contribution in [0.3, 0.4) is 0 Å². The molecule has 0 aromatic heterocycles. The minimum atomic E-state index is -0.810. The van der Waals surface area contributed by atoms with Crippen LogP contribution in [0.1, 0.15) is 36.5 Å². The van der Waals surface area contributed by atoms with Crippen LogP contribution in [0.2, 0.25) is 0 Å². The van der Waals surface area contributed by atoms with Crippen LogP contribution in [0.5, 0.6) is 5.75 Å². The summed E-state index contributed by atoms with van der Waals surface area (Å²) in [6, 6.07) is 15.6.